The highest BCUT2D eigenvalue weighted by molar-refractivity contribution is 6.17. The Kier molecular flexibility index (Phi) is 4.98. The molecule has 0 atom stereocenters. The number of benzene rings is 2. The standard InChI is InChI=1S/C21H24N2O3/c1-4-23(16-9-7-8-15(2)14-16)20(25)21(12-13-21)19(24)22-17-10-5-6-11-18(17)26-3/h5-11,14H,4,12-13H2,1-3H3,(H,22,24). The number of carbonyl (C=O) groups excluding carboxylic acids is 2. The molecule has 1 saturated carbocycles. The van der Waals surface area contributed by atoms with Gasteiger partial charge in [-0.25, -0.2) is 0 Å². The summed E-state index contributed by atoms with van der Waals surface area (Å²) in [5.41, 5.74) is 1.50. The van der Waals surface area contributed by atoms with Crippen LogP contribution >= 0.6 is 0 Å². The van der Waals surface area contributed by atoms with E-state index >= 15 is 0 Å². The first-order chi connectivity index (χ1) is 12.5. The predicted octanol–water partition coefficient (Wildman–Crippen LogP) is 3.78. The molecule has 0 heterocycles. The highest BCUT2D eigenvalue weighted by Crippen LogP contribution is 2.49. The number of nitrogens with zero attached hydrogens (tertiary/aromatic N) is 1. The third-order valence-electron chi connectivity index (χ3n) is 4.82. The molecular weight excluding hydrogens is 328 g/mol. The number of para-hydroxylation sites is 2. The van der Waals surface area contributed by atoms with E-state index in [1.54, 1.807) is 24.1 Å². The van der Waals surface area contributed by atoms with E-state index < -0.39 is 5.41 Å². The molecule has 1 aliphatic rings. The lowest BCUT2D eigenvalue weighted by Crippen LogP contribution is -2.43. The third kappa shape index (κ3) is 3.29. The molecule has 0 aromatic heterocycles. The minimum atomic E-state index is -0.986. The van der Waals surface area contributed by atoms with E-state index in [1.165, 1.54) is 0 Å². The van der Waals surface area contributed by atoms with Crippen molar-refractivity contribution in [3.8, 4) is 5.75 Å². The Bertz CT molecular complexity index is 828. The fraction of sp³-hybridized carbons (Fsp3) is 0.333. The molecule has 2 aromatic carbocycles. The third-order valence-corrected chi connectivity index (χ3v) is 4.82. The van der Waals surface area contributed by atoms with Crippen molar-refractivity contribution < 1.29 is 14.3 Å². The van der Waals surface area contributed by atoms with Crippen molar-refractivity contribution in [2.75, 3.05) is 23.9 Å². The molecule has 2 aromatic rings. The second-order valence-electron chi connectivity index (χ2n) is 6.62. The number of ether oxygens (including phenoxy) is 1. The molecule has 0 bridgehead atoms. The van der Waals surface area contributed by atoms with Crippen molar-refractivity contribution in [2.45, 2.75) is 26.7 Å². The SMILES string of the molecule is CCN(C(=O)C1(C(=O)Nc2ccccc2OC)CC1)c1cccc(C)c1. The Morgan fingerprint density at radius 1 is 1.15 bits per heavy atom. The first-order valence-electron chi connectivity index (χ1n) is 8.85. The smallest absolute Gasteiger partial charge is 0.242 e. The normalized spacial score (nSPS) is 14.4. The number of nitrogens with one attached hydrogen (secondary N) is 1. The van der Waals surface area contributed by atoms with E-state index in [9.17, 15) is 9.59 Å². The van der Waals surface area contributed by atoms with Gasteiger partial charge < -0.3 is 15.0 Å². The summed E-state index contributed by atoms with van der Waals surface area (Å²) >= 11 is 0. The van der Waals surface area contributed by atoms with Crippen LogP contribution < -0.4 is 15.0 Å². The number of carbonyl (C=O) groups is 2. The van der Waals surface area contributed by atoms with Gasteiger partial charge in [-0.3, -0.25) is 9.59 Å². The zero-order valence-electron chi connectivity index (χ0n) is 15.4. The summed E-state index contributed by atoms with van der Waals surface area (Å²) in [6.45, 7) is 4.43. The minimum absolute atomic E-state index is 0.141. The second kappa shape index (κ2) is 7.20. The van der Waals surface area contributed by atoms with Gasteiger partial charge in [0.05, 0.1) is 12.8 Å². The maximum absolute atomic E-state index is 13.2. The maximum Gasteiger partial charge on any atom is 0.242 e. The summed E-state index contributed by atoms with van der Waals surface area (Å²) in [6.07, 6.45) is 1.13. The Hall–Kier alpha value is -2.82. The summed E-state index contributed by atoms with van der Waals surface area (Å²) in [5, 5.41) is 2.88. The molecule has 2 amide bonds. The molecule has 136 valence electrons. The zero-order valence-corrected chi connectivity index (χ0v) is 15.4. The van der Waals surface area contributed by atoms with Crippen molar-refractivity contribution in [3.05, 3.63) is 54.1 Å². The molecule has 0 unspecified atom stereocenters. The van der Waals surface area contributed by atoms with E-state index in [2.05, 4.69) is 5.32 Å². The first kappa shape index (κ1) is 18.0. The molecule has 0 saturated heterocycles. The van der Waals surface area contributed by atoms with Gasteiger partial charge in [-0.2, -0.15) is 0 Å². The van der Waals surface area contributed by atoms with E-state index in [0.29, 0.717) is 30.8 Å². The lowest BCUT2D eigenvalue weighted by molar-refractivity contribution is -0.132. The Morgan fingerprint density at radius 2 is 1.88 bits per heavy atom. The average molecular weight is 352 g/mol. The molecule has 26 heavy (non-hydrogen) atoms. The summed E-state index contributed by atoms with van der Waals surface area (Å²) in [5.74, 6) is 0.172. The molecule has 0 radical (unpaired) electrons. The van der Waals surface area contributed by atoms with Crippen LogP contribution in [0, 0.1) is 12.3 Å². The maximum atomic E-state index is 13.2. The van der Waals surface area contributed by atoms with Crippen molar-refractivity contribution in [2.24, 2.45) is 5.41 Å². The van der Waals surface area contributed by atoms with Crippen molar-refractivity contribution in [3.63, 3.8) is 0 Å². The molecule has 5 heteroatoms. The highest BCUT2D eigenvalue weighted by atomic mass is 16.5. The minimum Gasteiger partial charge on any atom is -0.495 e. The molecule has 5 nitrogen and oxygen atoms in total. The van der Waals surface area contributed by atoms with Crippen LogP contribution in [0.2, 0.25) is 0 Å². The van der Waals surface area contributed by atoms with Crippen LogP contribution in [0.5, 0.6) is 5.75 Å². The van der Waals surface area contributed by atoms with Crippen molar-refractivity contribution in [1.29, 1.82) is 0 Å². The number of aryl methyl sites for hydroxylation is 1. The van der Waals surface area contributed by atoms with Gasteiger partial charge in [0.15, 0.2) is 0 Å². The molecule has 3 rings (SSSR count). The number of amides is 2. The van der Waals surface area contributed by atoms with Crippen LogP contribution in [0.1, 0.15) is 25.3 Å². The molecule has 0 aliphatic heterocycles. The molecule has 1 aliphatic carbocycles. The zero-order chi connectivity index (χ0) is 18.7. The monoisotopic (exact) mass is 352 g/mol. The predicted molar refractivity (Wildman–Crippen MR) is 102 cm³/mol. The van der Waals surface area contributed by atoms with Gasteiger partial charge >= 0.3 is 0 Å². The van der Waals surface area contributed by atoms with E-state index in [-0.39, 0.29) is 11.8 Å². The second-order valence-corrected chi connectivity index (χ2v) is 6.62. The van der Waals surface area contributed by atoms with Gasteiger partial charge in [-0.1, -0.05) is 24.3 Å². The highest BCUT2D eigenvalue weighted by Gasteiger charge is 2.58. The van der Waals surface area contributed by atoms with Crippen LogP contribution in [0.25, 0.3) is 0 Å². The van der Waals surface area contributed by atoms with E-state index in [4.69, 9.17) is 4.74 Å². The number of rotatable bonds is 6. The average Bonchev–Trinajstić information content (AvgIpc) is 3.45. The van der Waals surface area contributed by atoms with E-state index in [0.717, 1.165) is 11.3 Å². The van der Waals surface area contributed by atoms with Gasteiger partial charge in [-0.05, 0) is 56.5 Å². The molecule has 0 spiro atoms. The number of hydrogen-bond acceptors (Lipinski definition) is 3. The summed E-state index contributed by atoms with van der Waals surface area (Å²) in [7, 11) is 1.56. The number of hydrogen-bond donors (Lipinski definition) is 1. The first-order valence-corrected chi connectivity index (χ1v) is 8.85. The van der Waals surface area contributed by atoms with Crippen LogP contribution in [0.15, 0.2) is 48.5 Å². The van der Waals surface area contributed by atoms with Gasteiger partial charge in [0.1, 0.15) is 11.2 Å². The summed E-state index contributed by atoms with van der Waals surface area (Å²) in [6, 6.07) is 15.0. The van der Waals surface area contributed by atoms with Gasteiger partial charge in [0, 0.05) is 12.2 Å². The van der Waals surface area contributed by atoms with Crippen LogP contribution in [0.3, 0.4) is 0 Å². The fourth-order valence-electron chi connectivity index (χ4n) is 3.15. The van der Waals surface area contributed by atoms with Gasteiger partial charge in [-0.15, -0.1) is 0 Å². The van der Waals surface area contributed by atoms with Crippen molar-refractivity contribution >= 4 is 23.2 Å². The number of methoxy groups -OCH3 is 1. The Balaban J connectivity index is 1.82. The molecular formula is C21H24N2O3. The van der Waals surface area contributed by atoms with Crippen LogP contribution in [-0.2, 0) is 9.59 Å². The van der Waals surface area contributed by atoms with Crippen molar-refractivity contribution in [1.82, 2.24) is 0 Å². The fourth-order valence-corrected chi connectivity index (χ4v) is 3.15. The Labute approximate surface area is 154 Å². The Morgan fingerprint density at radius 3 is 2.50 bits per heavy atom. The van der Waals surface area contributed by atoms with E-state index in [1.807, 2.05) is 50.2 Å². The number of anilines is 2. The van der Waals surface area contributed by atoms with Crippen LogP contribution in [0.4, 0.5) is 11.4 Å². The topological polar surface area (TPSA) is 58.6 Å². The van der Waals surface area contributed by atoms with Gasteiger partial charge in [0.25, 0.3) is 0 Å². The lowest BCUT2D eigenvalue weighted by atomic mass is 10.0. The molecule has 1 fully saturated rings. The van der Waals surface area contributed by atoms with Gasteiger partial charge in [0.2, 0.25) is 11.8 Å². The van der Waals surface area contributed by atoms with Crippen LogP contribution in [-0.4, -0.2) is 25.5 Å². The summed E-state index contributed by atoms with van der Waals surface area (Å²) < 4.78 is 5.28. The largest absolute Gasteiger partial charge is 0.495 e. The lowest BCUT2D eigenvalue weighted by Gasteiger charge is -2.26. The molecule has 1 N–H and O–H groups in total. The summed E-state index contributed by atoms with van der Waals surface area (Å²) in [4.78, 5) is 27.8. The quantitative estimate of drug-likeness (QED) is 0.805.